The van der Waals surface area contributed by atoms with E-state index in [-0.39, 0.29) is 23.6 Å². The van der Waals surface area contributed by atoms with E-state index >= 15 is 0 Å². The predicted octanol–water partition coefficient (Wildman–Crippen LogP) is 1.47. The van der Waals surface area contributed by atoms with Gasteiger partial charge in [-0.3, -0.25) is 0 Å². The highest BCUT2D eigenvalue weighted by Gasteiger charge is 2.26. The van der Waals surface area contributed by atoms with Crippen LogP contribution in [0.4, 0.5) is 3.89 Å². The first kappa shape index (κ1) is 12.7. The summed E-state index contributed by atoms with van der Waals surface area (Å²) in [7, 11) is -4.83. The van der Waals surface area contributed by atoms with E-state index in [9.17, 15) is 17.1 Å². The van der Waals surface area contributed by atoms with E-state index in [0.717, 1.165) is 0 Å². The van der Waals surface area contributed by atoms with E-state index < -0.39 is 21.1 Å². The fourth-order valence-electron chi connectivity index (χ4n) is 1.51. The van der Waals surface area contributed by atoms with Crippen LogP contribution in [0.25, 0.3) is 0 Å². The van der Waals surface area contributed by atoms with Crippen molar-refractivity contribution < 1.29 is 21.8 Å². The van der Waals surface area contributed by atoms with Gasteiger partial charge in [0.05, 0.1) is 6.61 Å². The van der Waals surface area contributed by atoms with Crippen LogP contribution in [0.5, 0.6) is 0 Å². The summed E-state index contributed by atoms with van der Waals surface area (Å²) >= 11 is 0. The first-order valence-corrected chi connectivity index (χ1v) is 5.98. The first-order valence-electron chi connectivity index (χ1n) is 4.60. The van der Waals surface area contributed by atoms with Gasteiger partial charge in [-0.25, -0.2) is 4.79 Å². The van der Waals surface area contributed by atoms with Gasteiger partial charge in [0.2, 0.25) is 0 Å². The maximum Gasteiger partial charge on any atom is 0.355 e. The Kier molecular flexibility index (Phi) is 3.37. The average molecular weight is 249 g/mol. The maximum absolute atomic E-state index is 12.9. The van der Waals surface area contributed by atoms with Crippen molar-refractivity contribution in [1.29, 1.82) is 0 Å². The third-order valence-corrected chi connectivity index (χ3v) is 3.19. The van der Waals surface area contributed by atoms with Crippen molar-refractivity contribution in [2.24, 2.45) is 0 Å². The third-order valence-electron chi connectivity index (χ3n) is 2.09. The van der Waals surface area contributed by atoms with Gasteiger partial charge in [0.1, 0.15) is 10.6 Å². The maximum atomic E-state index is 12.9. The summed E-state index contributed by atoms with van der Waals surface area (Å²) < 4.78 is 39.3. The minimum Gasteiger partial charge on any atom is -0.461 e. The van der Waals surface area contributed by atoms with Crippen LogP contribution >= 0.6 is 0 Å². The van der Waals surface area contributed by atoms with Gasteiger partial charge < -0.3 is 9.72 Å². The van der Waals surface area contributed by atoms with Crippen LogP contribution in [-0.2, 0) is 15.0 Å². The van der Waals surface area contributed by atoms with Gasteiger partial charge in [0, 0.05) is 11.3 Å². The molecule has 5 nitrogen and oxygen atoms in total. The summed E-state index contributed by atoms with van der Waals surface area (Å²) in [6, 6.07) is 0. The Balaban J connectivity index is 3.33. The fraction of sp³-hybridized carbons (Fsp3) is 0.444. The van der Waals surface area contributed by atoms with Crippen molar-refractivity contribution in [3.63, 3.8) is 0 Å². The molecule has 0 unspecified atom stereocenters. The van der Waals surface area contributed by atoms with E-state index in [2.05, 4.69) is 4.98 Å². The Morgan fingerprint density at radius 1 is 1.44 bits per heavy atom. The fourth-order valence-corrected chi connectivity index (χ4v) is 2.39. The van der Waals surface area contributed by atoms with Crippen LogP contribution in [-0.4, -0.2) is 26.0 Å². The molecule has 0 saturated carbocycles. The summed E-state index contributed by atoms with van der Waals surface area (Å²) in [6.07, 6.45) is 0. The van der Waals surface area contributed by atoms with Crippen LogP contribution in [0, 0.1) is 13.8 Å². The molecule has 16 heavy (non-hydrogen) atoms. The number of aromatic amines is 1. The molecule has 1 N–H and O–H groups in total. The molecule has 0 aliphatic carbocycles. The van der Waals surface area contributed by atoms with Crippen molar-refractivity contribution in [1.82, 2.24) is 4.98 Å². The monoisotopic (exact) mass is 249 g/mol. The summed E-state index contributed by atoms with van der Waals surface area (Å²) in [5.41, 5.74) is 0.0945. The molecule has 0 radical (unpaired) electrons. The second-order valence-corrected chi connectivity index (χ2v) is 4.52. The average Bonchev–Trinajstić information content (AvgIpc) is 2.41. The molecule has 0 amide bonds. The molecule has 7 heteroatoms. The van der Waals surface area contributed by atoms with Crippen molar-refractivity contribution in [3.05, 3.63) is 17.0 Å². The number of carbonyl (C=O) groups excluding carboxylic acids is 1. The highest BCUT2D eigenvalue weighted by atomic mass is 32.3. The largest absolute Gasteiger partial charge is 0.461 e. The number of aromatic nitrogens is 1. The predicted molar refractivity (Wildman–Crippen MR) is 54.5 cm³/mol. The van der Waals surface area contributed by atoms with E-state index in [0.29, 0.717) is 0 Å². The lowest BCUT2D eigenvalue weighted by atomic mass is 10.2. The summed E-state index contributed by atoms with van der Waals surface area (Å²) in [4.78, 5) is 13.4. The third kappa shape index (κ3) is 2.24. The molecule has 0 aromatic carbocycles. The van der Waals surface area contributed by atoms with Crippen molar-refractivity contribution in [2.75, 3.05) is 6.61 Å². The molecule has 0 aliphatic rings. The number of rotatable bonds is 3. The Labute approximate surface area is 92.8 Å². The van der Waals surface area contributed by atoms with Crippen LogP contribution in [0.15, 0.2) is 4.90 Å². The lowest BCUT2D eigenvalue weighted by molar-refractivity contribution is 0.0519. The Bertz CT molecular complexity index is 518. The normalized spacial score (nSPS) is 11.5. The molecule has 0 fully saturated rings. The standard InChI is InChI=1S/C9H12FNO4S/c1-4-15-9(12)7-5(2)8(6(3)11-7)16(10,13)14/h11H,4H2,1-3H3. The highest BCUT2D eigenvalue weighted by molar-refractivity contribution is 7.86. The molecule has 1 aromatic rings. The van der Waals surface area contributed by atoms with Gasteiger partial charge in [-0.15, -0.1) is 3.89 Å². The number of halogens is 1. The number of nitrogens with one attached hydrogen (secondary N) is 1. The molecule has 0 bridgehead atoms. The van der Waals surface area contributed by atoms with Crippen LogP contribution < -0.4 is 0 Å². The molecule has 0 aliphatic heterocycles. The van der Waals surface area contributed by atoms with Gasteiger partial charge in [-0.1, -0.05) is 0 Å². The number of esters is 1. The van der Waals surface area contributed by atoms with Crippen LogP contribution in [0.1, 0.15) is 28.7 Å². The molecule has 1 heterocycles. The molecule has 1 rings (SSSR count). The van der Waals surface area contributed by atoms with E-state index in [1.807, 2.05) is 0 Å². The lowest BCUT2D eigenvalue weighted by Crippen LogP contribution is -2.07. The van der Waals surface area contributed by atoms with Gasteiger partial charge >= 0.3 is 16.2 Å². The zero-order valence-electron chi connectivity index (χ0n) is 9.13. The van der Waals surface area contributed by atoms with Crippen LogP contribution in [0.3, 0.4) is 0 Å². The van der Waals surface area contributed by atoms with Crippen LogP contribution in [0.2, 0.25) is 0 Å². The number of hydrogen-bond donors (Lipinski definition) is 1. The van der Waals surface area contributed by atoms with E-state index in [1.165, 1.54) is 13.8 Å². The first-order chi connectivity index (χ1) is 7.29. The topological polar surface area (TPSA) is 76.2 Å². The number of H-pyrrole nitrogens is 1. The van der Waals surface area contributed by atoms with Gasteiger partial charge in [-0.05, 0) is 20.8 Å². The number of aryl methyl sites for hydroxylation is 1. The SMILES string of the molecule is CCOC(=O)c1[nH]c(C)c(S(=O)(=O)F)c1C. The minimum absolute atomic E-state index is 0.0319. The van der Waals surface area contributed by atoms with Gasteiger partial charge in [0.25, 0.3) is 0 Å². The molecular formula is C9H12FNO4S. The molecule has 0 atom stereocenters. The summed E-state index contributed by atoms with van der Waals surface area (Å²) in [5.74, 6) is -0.696. The number of ether oxygens (including phenoxy) is 1. The second-order valence-electron chi connectivity index (χ2n) is 3.24. The van der Waals surface area contributed by atoms with Gasteiger partial charge in [0.15, 0.2) is 0 Å². The van der Waals surface area contributed by atoms with E-state index in [1.54, 1.807) is 6.92 Å². The Hall–Kier alpha value is -1.37. The second kappa shape index (κ2) is 4.25. The molecule has 1 aromatic heterocycles. The Morgan fingerprint density at radius 3 is 2.38 bits per heavy atom. The quantitative estimate of drug-likeness (QED) is 0.650. The molecule has 0 spiro atoms. The molecule has 0 saturated heterocycles. The summed E-state index contributed by atoms with van der Waals surface area (Å²) in [6.45, 7) is 4.51. The summed E-state index contributed by atoms with van der Waals surface area (Å²) in [5, 5.41) is 0. The number of carbonyl (C=O) groups is 1. The van der Waals surface area contributed by atoms with Crippen molar-refractivity contribution in [3.8, 4) is 0 Å². The highest BCUT2D eigenvalue weighted by Crippen LogP contribution is 2.25. The molecular weight excluding hydrogens is 237 g/mol. The Morgan fingerprint density at radius 2 is 2.00 bits per heavy atom. The van der Waals surface area contributed by atoms with E-state index in [4.69, 9.17) is 4.74 Å². The lowest BCUT2D eigenvalue weighted by Gasteiger charge is -2.00. The van der Waals surface area contributed by atoms with Crippen molar-refractivity contribution in [2.45, 2.75) is 25.7 Å². The minimum atomic E-state index is -4.83. The van der Waals surface area contributed by atoms with Gasteiger partial charge in [-0.2, -0.15) is 8.42 Å². The zero-order chi connectivity index (χ0) is 12.5. The van der Waals surface area contributed by atoms with Crippen molar-refractivity contribution >= 4 is 16.2 Å². The zero-order valence-corrected chi connectivity index (χ0v) is 9.94. The molecule has 90 valence electrons. The smallest absolute Gasteiger partial charge is 0.355 e. The number of hydrogen-bond acceptors (Lipinski definition) is 4.